The van der Waals surface area contributed by atoms with Gasteiger partial charge in [-0.15, -0.1) is 23.2 Å². The summed E-state index contributed by atoms with van der Waals surface area (Å²) >= 11 is 18.0. The average molecular weight is 660 g/mol. The van der Waals surface area contributed by atoms with Crippen molar-refractivity contribution in [2.45, 2.75) is 66.7 Å². The number of benzene rings is 2. The van der Waals surface area contributed by atoms with Gasteiger partial charge in [-0.05, 0) is 48.6 Å². The van der Waals surface area contributed by atoms with Gasteiger partial charge in [-0.25, -0.2) is 0 Å². The van der Waals surface area contributed by atoms with E-state index in [1.807, 2.05) is 24.3 Å². The van der Waals surface area contributed by atoms with E-state index < -0.39 is 45.2 Å². The first-order valence-corrected chi connectivity index (χ1v) is 16.1. The first-order valence-electron chi connectivity index (χ1n) is 14.2. The van der Waals surface area contributed by atoms with Crippen LogP contribution in [-0.4, -0.2) is 59.8 Å². The number of hydrogen-bond acceptors (Lipinski definition) is 5. The van der Waals surface area contributed by atoms with Crippen molar-refractivity contribution in [3.8, 4) is 5.75 Å². The molecule has 2 heterocycles. The van der Waals surface area contributed by atoms with Gasteiger partial charge in [-0.3, -0.25) is 29.0 Å². The molecule has 6 unspecified atom stereocenters. The van der Waals surface area contributed by atoms with Gasteiger partial charge >= 0.3 is 0 Å². The monoisotopic (exact) mass is 658 g/mol. The zero-order valence-electron chi connectivity index (χ0n) is 22.2. The number of nitrogens with zero attached hydrogens (tertiary/aromatic N) is 2. The summed E-state index contributed by atoms with van der Waals surface area (Å²) in [7, 11) is 0. The van der Waals surface area contributed by atoms with Crippen LogP contribution in [0.5, 0.6) is 5.75 Å². The molecule has 2 aromatic carbocycles. The average Bonchev–Trinajstić information content (AvgIpc) is 3.32. The molecule has 5 aliphatic rings. The van der Waals surface area contributed by atoms with E-state index in [9.17, 15) is 24.3 Å². The Morgan fingerprint density at radius 1 is 0.902 bits per heavy atom. The quantitative estimate of drug-likeness (QED) is 0.201. The molecular formula is C31H29BrCl2N2O5. The number of phenols is 1. The molecule has 4 amide bonds. The molecule has 0 spiro atoms. The maximum Gasteiger partial charge on any atom is 0.254 e. The van der Waals surface area contributed by atoms with Crippen molar-refractivity contribution in [3.05, 3.63) is 53.6 Å². The number of alkyl halides is 3. The number of fused-ring (bicyclic) bond motifs is 5. The van der Waals surface area contributed by atoms with Gasteiger partial charge in [0.25, 0.3) is 11.8 Å². The van der Waals surface area contributed by atoms with Crippen LogP contribution in [0.4, 0.5) is 0 Å². The highest BCUT2D eigenvalue weighted by molar-refractivity contribution is 9.09. The maximum atomic E-state index is 14.1. The summed E-state index contributed by atoms with van der Waals surface area (Å²) < 4.78 is 0. The number of allylic oxidation sites excluding steroid dienone is 2. The number of carbonyl (C=O) groups excluding carboxylic acids is 4. The van der Waals surface area contributed by atoms with Crippen LogP contribution in [0.25, 0.3) is 10.8 Å². The first-order chi connectivity index (χ1) is 19.6. The molecule has 2 aromatic rings. The van der Waals surface area contributed by atoms with Crippen LogP contribution in [0.15, 0.2) is 48.0 Å². The van der Waals surface area contributed by atoms with Crippen LogP contribution >= 0.6 is 39.1 Å². The molecule has 1 N–H and O–H groups in total. The Kier molecular flexibility index (Phi) is 6.38. The molecule has 2 saturated heterocycles. The van der Waals surface area contributed by atoms with Crippen LogP contribution < -0.4 is 0 Å². The highest BCUT2D eigenvalue weighted by Gasteiger charge is 2.76. The van der Waals surface area contributed by atoms with Crippen LogP contribution in [0.2, 0.25) is 0 Å². The lowest BCUT2D eigenvalue weighted by molar-refractivity contribution is -0.144. The van der Waals surface area contributed by atoms with Gasteiger partial charge in [0.15, 0.2) is 9.75 Å². The molecule has 0 bridgehead atoms. The number of hydrogen-bond donors (Lipinski definition) is 1. The normalized spacial score (nSPS) is 35.5. The van der Waals surface area contributed by atoms with Crippen LogP contribution in [0.1, 0.15) is 56.4 Å². The molecule has 7 rings (SSSR count). The van der Waals surface area contributed by atoms with Crippen molar-refractivity contribution < 1.29 is 24.3 Å². The van der Waals surface area contributed by atoms with Gasteiger partial charge in [0.05, 0.1) is 17.3 Å². The Morgan fingerprint density at radius 3 is 2.32 bits per heavy atom. The fraction of sp³-hybridized carbons (Fsp3) is 0.484. The van der Waals surface area contributed by atoms with Gasteiger partial charge in [-0.1, -0.05) is 77.2 Å². The van der Waals surface area contributed by atoms with Gasteiger partial charge in [0.2, 0.25) is 11.8 Å². The Bertz CT molecular complexity index is 1560. The standard InChI is InChI=1S/C31H29BrCl2N2O5/c32-15-35-28(40)30(33)14-22-20(10-11-21-24(22)27(39)36(26(21)38)16-6-2-1-3-7-16)25(31(30,34)29(35)41)19-12-13-23(37)18-9-5-4-8-17(18)19/h4-5,8-10,12-13,16,21-22,24-25,37H,1-3,6-7,11,14-15H2. The number of amides is 4. The second-order valence-electron chi connectivity index (χ2n) is 12.0. The Balaban J connectivity index is 1.42. The van der Waals surface area contributed by atoms with Crippen molar-refractivity contribution in [2.75, 3.05) is 5.45 Å². The molecule has 4 fully saturated rings. The SMILES string of the molecule is O=C1C2CC=C3C(CC4(Cl)C(=O)N(CBr)C(=O)C4(Cl)C3c3ccc(O)c4ccccc34)C2C(=O)N1C1CCCCC1. The number of phenolic OH excluding ortho intramolecular Hbond substituents is 1. The molecule has 3 aliphatic carbocycles. The first kappa shape index (κ1) is 27.4. The van der Waals surface area contributed by atoms with E-state index in [1.54, 1.807) is 18.2 Å². The topological polar surface area (TPSA) is 95.0 Å². The second kappa shape index (κ2) is 9.55. The fourth-order valence-corrected chi connectivity index (χ4v) is 9.80. The number of rotatable bonds is 3. The van der Waals surface area contributed by atoms with Crippen molar-refractivity contribution >= 4 is 73.5 Å². The van der Waals surface area contributed by atoms with Crippen molar-refractivity contribution in [1.82, 2.24) is 9.80 Å². The maximum absolute atomic E-state index is 14.1. The third-order valence-corrected chi connectivity index (χ3v) is 12.1. The van der Waals surface area contributed by atoms with Crippen molar-refractivity contribution in [2.24, 2.45) is 17.8 Å². The minimum Gasteiger partial charge on any atom is -0.507 e. The molecule has 2 aliphatic heterocycles. The van der Waals surface area contributed by atoms with E-state index in [1.165, 1.54) is 4.90 Å². The van der Waals surface area contributed by atoms with Crippen molar-refractivity contribution in [1.29, 1.82) is 0 Å². The number of likely N-dealkylation sites (tertiary alicyclic amines) is 2. The zero-order valence-corrected chi connectivity index (χ0v) is 25.3. The summed E-state index contributed by atoms with van der Waals surface area (Å²) in [6.07, 6.45) is 6.97. The van der Waals surface area contributed by atoms with E-state index in [2.05, 4.69) is 15.9 Å². The summed E-state index contributed by atoms with van der Waals surface area (Å²) in [5.74, 6) is -4.09. The zero-order chi connectivity index (χ0) is 28.8. The molecule has 2 saturated carbocycles. The lowest BCUT2D eigenvalue weighted by Gasteiger charge is -2.51. The van der Waals surface area contributed by atoms with Crippen LogP contribution in [0.3, 0.4) is 0 Å². The highest BCUT2D eigenvalue weighted by atomic mass is 79.9. The molecule has 41 heavy (non-hydrogen) atoms. The predicted molar refractivity (Wildman–Crippen MR) is 158 cm³/mol. The smallest absolute Gasteiger partial charge is 0.254 e. The number of aromatic hydroxyl groups is 1. The number of halogens is 3. The third kappa shape index (κ3) is 3.50. The molecule has 214 valence electrons. The fourth-order valence-electron chi connectivity index (χ4n) is 8.38. The molecular weight excluding hydrogens is 631 g/mol. The number of imide groups is 2. The van der Waals surface area contributed by atoms with E-state index in [0.717, 1.165) is 42.6 Å². The molecule has 7 nitrogen and oxygen atoms in total. The van der Waals surface area contributed by atoms with Crippen LogP contribution in [-0.2, 0) is 19.2 Å². The molecule has 6 atom stereocenters. The summed E-state index contributed by atoms with van der Waals surface area (Å²) in [6, 6.07) is 10.4. The van der Waals surface area contributed by atoms with Gasteiger partial charge in [0, 0.05) is 17.3 Å². The van der Waals surface area contributed by atoms with Gasteiger partial charge in [-0.2, -0.15) is 0 Å². The lowest BCUT2D eigenvalue weighted by Crippen LogP contribution is -2.60. The van der Waals surface area contributed by atoms with E-state index in [-0.39, 0.29) is 35.5 Å². The van der Waals surface area contributed by atoms with E-state index in [0.29, 0.717) is 22.8 Å². The van der Waals surface area contributed by atoms with Gasteiger partial charge < -0.3 is 5.11 Å². The third-order valence-electron chi connectivity index (χ3n) is 10.2. The minimum atomic E-state index is -1.87. The molecule has 0 radical (unpaired) electrons. The van der Waals surface area contributed by atoms with E-state index in [4.69, 9.17) is 23.2 Å². The van der Waals surface area contributed by atoms with E-state index >= 15 is 0 Å². The van der Waals surface area contributed by atoms with Gasteiger partial charge in [0.1, 0.15) is 5.75 Å². The highest BCUT2D eigenvalue weighted by Crippen LogP contribution is 2.66. The number of carbonyl (C=O) groups is 4. The largest absolute Gasteiger partial charge is 0.507 e. The summed E-state index contributed by atoms with van der Waals surface area (Å²) in [6.45, 7) is 0. The summed E-state index contributed by atoms with van der Waals surface area (Å²) in [4.78, 5) is 54.6. The molecule has 0 aromatic heterocycles. The van der Waals surface area contributed by atoms with Crippen molar-refractivity contribution in [3.63, 3.8) is 0 Å². The predicted octanol–water partition coefficient (Wildman–Crippen LogP) is 5.59. The summed E-state index contributed by atoms with van der Waals surface area (Å²) in [5.41, 5.74) is 1.34. The minimum absolute atomic E-state index is 0.0246. The van der Waals surface area contributed by atoms with Crippen LogP contribution in [0, 0.1) is 17.8 Å². The second-order valence-corrected chi connectivity index (χ2v) is 13.8. The Hall–Kier alpha value is -2.42. The lowest BCUT2D eigenvalue weighted by atomic mass is 9.56. The molecule has 10 heteroatoms. The Morgan fingerprint density at radius 2 is 1.61 bits per heavy atom. The summed E-state index contributed by atoms with van der Waals surface area (Å²) in [5, 5.41) is 11.9. The Labute approximate surface area is 255 Å².